The van der Waals surface area contributed by atoms with Gasteiger partial charge in [-0.15, -0.1) is 0 Å². The molecule has 0 amide bonds. The van der Waals surface area contributed by atoms with Gasteiger partial charge in [0.15, 0.2) is 0 Å². The maximum Gasteiger partial charge on any atom is 0.123 e. The Morgan fingerprint density at radius 1 is 0.950 bits per heavy atom. The molecule has 0 aliphatic carbocycles. The van der Waals surface area contributed by atoms with Crippen molar-refractivity contribution in [1.29, 1.82) is 0 Å². The van der Waals surface area contributed by atoms with Gasteiger partial charge in [-0.25, -0.2) is 0 Å². The van der Waals surface area contributed by atoms with E-state index in [1.807, 2.05) is 6.07 Å². The molecule has 0 bridgehead atoms. The molecule has 2 aromatic carbocycles. The minimum atomic E-state index is 0.492. The van der Waals surface area contributed by atoms with Crippen molar-refractivity contribution in [3.63, 3.8) is 0 Å². The van der Waals surface area contributed by atoms with Crippen molar-refractivity contribution < 1.29 is 4.74 Å². The molecule has 2 rings (SSSR count). The molecule has 0 unspecified atom stereocenters. The number of hydrogen-bond acceptors (Lipinski definition) is 2. The van der Waals surface area contributed by atoms with E-state index in [9.17, 15) is 0 Å². The summed E-state index contributed by atoms with van der Waals surface area (Å²) in [5.74, 6) is 0.862. The van der Waals surface area contributed by atoms with E-state index < -0.39 is 0 Å². The van der Waals surface area contributed by atoms with E-state index >= 15 is 0 Å². The molecule has 0 aromatic heterocycles. The standard InChI is InChI=1S/C18H23NO/c1-4-13-6-7-14(5-2)17(10-13)15-8-9-18(20-3)16(11-15)12-19/h6-11H,4-5,12,19H2,1-3H3. The Morgan fingerprint density at radius 3 is 2.35 bits per heavy atom. The third-order valence-corrected chi connectivity index (χ3v) is 3.77. The predicted molar refractivity (Wildman–Crippen MR) is 85.1 cm³/mol. The van der Waals surface area contributed by atoms with Crippen molar-refractivity contribution >= 4 is 0 Å². The lowest BCUT2D eigenvalue weighted by Gasteiger charge is -2.13. The fraction of sp³-hybridized carbons (Fsp3) is 0.333. The number of benzene rings is 2. The van der Waals surface area contributed by atoms with Crippen LogP contribution < -0.4 is 10.5 Å². The van der Waals surface area contributed by atoms with Gasteiger partial charge in [-0.05, 0) is 47.2 Å². The first-order valence-corrected chi connectivity index (χ1v) is 7.22. The van der Waals surface area contributed by atoms with Crippen LogP contribution in [-0.2, 0) is 19.4 Å². The summed E-state index contributed by atoms with van der Waals surface area (Å²) >= 11 is 0. The third-order valence-electron chi connectivity index (χ3n) is 3.77. The molecule has 0 radical (unpaired) electrons. The maximum atomic E-state index is 5.82. The average molecular weight is 269 g/mol. The Balaban J connectivity index is 2.55. The first kappa shape index (κ1) is 14.6. The SMILES string of the molecule is CCc1ccc(CC)c(-c2ccc(OC)c(CN)c2)c1. The third kappa shape index (κ3) is 2.86. The lowest BCUT2D eigenvalue weighted by molar-refractivity contribution is 0.410. The van der Waals surface area contributed by atoms with Gasteiger partial charge in [-0.3, -0.25) is 0 Å². The van der Waals surface area contributed by atoms with E-state index in [2.05, 4.69) is 44.2 Å². The van der Waals surface area contributed by atoms with E-state index in [0.717, 1.165) is 24.2 Å². The Hall–Kier alpha value is -1.80. The van der Waals surface area contributed by atoms with Crippen LogP contribution in [0.4, 0.5) is 0 Å². The van der Waals surface area contributed by atoms with Crippen LogP contribution in [0.5, 0.6) is 5.75 Å². The molecule has 0 fully saturated rings. The molecule has 0 aliphatic rings. The first-order valence-electron chi connectivity index (χ1n) is 7.22. The van der Waals surface area contributed by atoms with Crippen molar-refractivity contribution in [2.75, 3.05) is 7.11 Å². The van der Waals surface area contributed by atoms with Gasteiger partial charge in [0.2, 0.25) is 0 Å². The number of ether oxygens (including phenoxy) is 1. The molecule has 0 aliphatic heterocycles. The Kier molecular flexibility index (Phi) is 4.80. The van der Waals surface area contributed by atoms with Crippen molar-refractivity contribution in [1.82, 2.24) is 0 Å². The van der Waals surface area contributed by atoms with Crippen LogP contribution in [-0.4, -0.2) is 7.11 Å². The van der Waals surface area contributed by atoms with Gasteiger partial charge in [0.05, 0.1) is 7.11 Å². The zero-order chi connectivity index (χ0) is 14.5. The lowest BCUT2D eigenvalue weighted by Crippen LogP contribution is -2.00. The quantitative estimate of drug-likeness (QED) is 0.892. The van der Waals surface area contributed by atoms with Crippen LogP contribution in [0.15, 0.2) is 36.4 Å². The molecule has 106 valence electrons. The number of rotatable bonds is 5. The second kappa shape index (κ2) is 6.58. The van der Waals surface area contributed by atoms with Crippen LogP contribution in [0.25, 0.3) is 11.1 Å². The summed E-state index contributed by atoms with van der Waals surface area (Å²) in [7, 11) is 1.68. The summed E-state index contributed by atoms with van der Waals surface area (Å²) in [5, 5.41) is 0. The Labute approximate surface area is 121 Å². The van der Waals surface area contributed by atoms with Crippen LogP contribution >= 0.6 is 0 Å². The van der Waals surface area contributed by atoms with Crippen LogP contribution in [0.2, 0.25) is 0 Å². The van der Waals surface area contributed by atoms with Gasteiger partial charge in [0.25, 0.3) is 0 Å². The number of methoxy groups -OCH3 is 1. The molecule has 2 aromatic rings. The minimum absolute atomic E-state index is 0.492. The molecule has 0 spiro atoms. The number of nitrogens with two attached hydrogens (primary N) is 1. The van der Waals surface area contributed by atoms with Crippen LogP contribution in [0.1, 0.15) is 30.5 Å². The highest BCUT2D eigenvalue weighted by Crippen LogP contribution is 2.30. The summed E-state index contributed by atoms with van der Waals surface area (Å²) in [6.45, 7) is 4.87. The largest absolute Gasteiger partial charge is 0.496 e. The fourth-order valence-corrected chi connectivity index (χ4v) is 2.53. The summed E-state index contributed by atoms with van der Waals surface area (Å²) in [6.07, 6.45) is 2.08. The first-order chi connectivity index (χ1) is 9.73. The van der Waals surface area contributed by atoms with Crippen molar-refractivity contribution in [3.05, 3.63) is 53.1 Å². The highest BCUT2D eigenvalue weighted by molar-refractivity contribution is 5.70. The second-order valence-corrected chi connectivity index (χ2v) is 4.93. The summed E-state index contributed by atoms with van der Waals surface area (Å²) in [6, 6.07) is 13.0. The molecule has 2 N–H and O–H groups in total. The van der Waals surface area contributed by atoms with E-state index in [1.54, 1.807) is 7.11 Å². The minimum Gasteiger partial charge on any atom is -0.496 e. The highest BCUT2D eigenvalue weighted by atomic mass is 16.5. The predicted octanol–water partition coefficient (Wildman–Crippen LogP) is 3.95. The lowest BCUT2D eigenvalue weighted by atomic mass is 9.94. The molecule has 2 nitrogen and oxygen atoms in total. The zero-order valence-electron chi connectivity index (χ0n) is 12.6. The molecule has 0 heterocycles. The summed E-state index contributed by atoms with van der Waals surface area (Å²) < 4.78 is 5.35. The van der Waals surface area contributed by atoms with Gasteiger partial charge in [0.1, 0.15) is 5.75 Å². The van der Waals surface area contributed by atoms with Gasteiger partial charge >= 0.3 is 0 Å². The molecule has 0 saturated heterocycles. The second-order valence-electron chi connectivity index (χ2n) is 4.93. The van der Waals surface area contributed by atoms with E-state index in [-0.39, 0.29) is 0 Å². The summed E-state index contributed by atoms with van der Waals surface area (Å²) in [5.41, 5.74) is 12.1. The van der Waals surface area contributed by atoms with Crippen LogP contribution in [0.3, 0.4) is 0 Å². The number of aryl methyl sites for hydroxylation is 2. The van der Waals surface area contributed by atoms with E-state index in [1.165, 1.54) is 22.3 Å². The van der Waals surface area contributed by atoms with Gasteiger partial charge in [-0.1, -0.05) is 38.1 Å². The van der Waals surface area contributed by atoms with Gasteiger partial charge in [0, 0.05) is 12.1 Å². The van der Waals surface area contributed by atoms with Crippen molar-refractivity contribution in [2.45, 2.75) is 33.2 Å². The molecule has 20 heavy (non-hydrogen) atoms. The highest BCUT2D eigenvalue weighted by Gasteiger charge is 2.08. The molecular formula is C18H23NO. The monoisotopic (exact) mass is 269 g/mol. The Morgan fingerprint density at radius 2 is 1.75 bits per heavy atom. The van der Waals surface area contributed by atoms with Crippen LogP contribution in [0, 0.1) is 0 Å². The molecule has 0 atom stereocenters. The van der Waals surface area contributed by atoms with Gasteiger partial charge in [-0.2, -0.15) is 0 Å². The normalized spacial score (nSPS) is 10.6. The Bertz CT molecular complexity index is 590. The average Bonchev–Trinajstić information content (AvgIpc) is 2.53. The van der Waals surface area contributed by atoms with Crippen molar-refractivity contribution in [3.8, 4) is 16.9 Å². The number of hydrogen-bond donors (Lipinski definition) is 1. The van der Waals surface area contributed by atoms with Gasteiger partial charge < -0.3 is 10.5 Å². The van der Waals surface area contributed by atoms with E-state index in [4.69, 9.17) is 10.5 Å². The summed E-state index contributed by atoms with van der Waals surface area (Å²) in [4.78, 5) is 0. The zero-order valence-corrected chi connectivity index (χ0v) is 12.6. The maximum absolute atomic E-state index is 5.82. The molecule has 2 heteroatoms. The molecular weight excluding hydrogens is 246 g/mol. The van der Waals surface area contributed by atoms with Crippen molar-refractivity contribution in [2.24, 2.45) is 5.73 Å². The molecule has 0 saturated carbocycles. The topological polar surface area (TPSA) is 35.2 Å². The van der Waals surface area contributed by atoms with E-state index in [0.29, 0.717) is 6.54 Å². The smallest absolute Gasteiger partial charge is 0.123 e. The fourth-order valence-electron chi connectivity index (χ4n) is 2.53.